The van der Waals surface area contributed by atoms with E-state index in [9.17, 15) is 14.4 Å². The number of amides is 2. The first-order chi connectivity index (χ1) is 14.9. The maximum absolute atomic E-state index is 13.7. The molecule has 0 aromatic heterocycles. The molecule has 3 aromatic rings. The van der Waals surface area contributed by atoms with Gasteiger partial charge in [-0.1, -0.05) is 60.1 Å². The monoisotopic (exact) mass is 495 g/mol. The van der Waals surface area contributed by atoms with E-state index < -0.39 is 23.2 Å². The molecule has 2 aliphatic rings. The van der Waals surface area contributed by atoms with E-state index >= 15 is 0 Å². The largest absolute Gasteiger partial charge is 0.424 e. The highest BCUT2D eigenvalue weighted by molar-refractivity contribution is 9.10. The van der Waals surface area contributed by atoms with Gasteiger partial charge in [0.1, 0.15) is 11.2 Å². The molecule has 2 aliphatic heterocycles. The third-order valence-electron chi connectivity index (χ3n) is 5.87. The summed E-state index contributed by atoms with van der Waals surface area (Å²) >= 11 is 9.52. The smallest absolute Gasteiger partial charge is 0.327 e. The number of benzene rings is 3. The van der Waals surface area contributed by atoms with Gasteiger partial charge in [0.05, 0.1) is 16.1 Å². The Balaban J connectivity index is 1.72. The summed E-state index contributed by atoms with van der Waals surface area (Å²) in [4.78, 5) is 41.3. The van der Waals surface area contributed by atoms with Crippen molar-refractivity contribution in [3.63, 3.8) is 0 Å². The van der Waals surface area contributed by atoms with Crippen LogP contribution < -0.4 is 9.64 Å². The minimum Gasteiger partial charge on any atom is -0.424 e. The molecule has 5 nitrogen and oxygen atoms in total. The SMILES string of the molecule is O=C1C[C@@H]([C@@]2(c3ccccc3)C(=O)Oc3c(Br)cccc32)C(=O)N1c1cccc(Cl)c1. The van der Waals surface area contributed by atoms with Crippen molar-refractivity contribution >= 4 is 51.0 Å². The zero-order chi connectivity index (χ0) is 21.8. The molecule has 31 heavy (non-hydrogen) atoms. The fourth-order valence-electron chi connectivity index (χ4n) is 4.57. The van der Waals surface area contributed by atoms with E-state index in [1.807, 2.05) is 6.07 Å². The minimum absolute atomic E-state index is 0.124. The Kier molecular flexibility index (Phi) is 4.72. The average Bonchev–Trinajstić information content (AvgIpc) is 3.22. The van der Waals surface area contributed by atoms with Crippen molar-refractivity contribution in [2.24, 2.45) is 5.92 Å². The fourth-order valence-corrected chi connectivity index (χ4v) is 5.20. The van der Waals surface area contributed by atoms with Crippen molar-refractivity contribution in [2.75, 3.05) is 4.90 Å². The molecular formula is C24H15BrClNO4. The van der Waals surface area contributed by atoms with E-state index in [4.69, 9.17) is 16.3 Å². The van der Waals surface area contributed by atoms with Crippen LogP contribution in [0.1, 0.15) is 17.5 Å². The summed E-state index contributed by atoms with van der Waals surface area (Å²) in [7, 11) is 0. The molecule has 2 atom stereocenters. The van der Waals surface area contributed by atoms with E-state index in [0.717, 1.165) is 4.90 Å². The predicted octanol–water partition coefficient (Wildman–Crippen LogP) is 4.89. The molecule has 0 unspecified atom stereocenters. The van der Waals surface area contributed by atoms with Gasteiger partial charge in [-0.05, 0) is 45.8 Å². The van der Waals surface area contributed by atoms with Crippen molar-refractivity contribution in [3.05, 3.63) is 93.4 Å². The predicted molar refractivity (Wildman–Crippen MR) is 119 cm³/mol. The Bertz CT molecular complexity index is 1250. The molecule has 0 aliphatic carbocycles. The number of esters is 1. The number of carbonyl (C=O) groups excluding carboxylic acids is 3. The van der Waals surface area contributed by atoms with Crippen molar-refractivity contribution in [3.8, 4) is 5.75 Å². The summed E-state index contributed by atoms with van der Waals surface area (Å²) in [5.41, 5.74) is 0.127. The molecule has 154 valence electrons. The molecule has 0 spiro atoms. The molecule has 2 heterocycles. The number of nitrogens with zero attached hydrogens (tertiary/aromatic N) is 1. The first-order valence-corrected chi connectivity index (χ1v) is 10.8. The van der Waals surface area contributed by atoms with Gasteiger partial charge in [-0.15, -0.1) is 0 Å². The number of ether oxygens (including phenoxy) is 1. The summed E-state index contributed by atoms with van der Waals surface area (Å²) in [5, 5.41) is 0.411. The van der Waals surface area contributed by atoms with E-state index in [1.54, 1.807) is 66.7 Å². The number of para-hydroxylation sites is 1. The standard InChI is InChI=1S/C24H15BrClNO4/c25-19-11-5-10-17-21(19)31-23(30)24(17,14-6-2-1-3-7-14)18-13-20(28)27(22(18)29)16-9-4-8-15(26)12-16/h1-12,18H,13H2/t18-,24+/m1/s1. The quantitative estimate of drug-likeness (QED) is 0.294. The van der Waals surface area contributed by atoms with Gasteiger partial charge >= 0.3 is 5.97 Å². The van der Waals surface area contributed by atoms with Crippen molar-refractivity contribution in [1.29, 1.82) is 0 Å². The molecule has 7 heteroatoms. The summed E-state index contributed by atoms with van der Waals surface area (Å²) in [6.07, 6.45) is -0.124. The van der Waals surface area contributed by atoms with Crippen LogP contribution in [0.25, 0.3) is 0 Å². The average molecular weight is 497 g/mol. The Labute approximate surface area is 191 Å². The van der Waals surface area contributed by atoms with Gasteiger partial charge in [0.2, 0.25) is 11.8 Å². The first kappa shape index (κ1) is 20.0. The third-order valence-corrected chi connectivity index (χ3v) is 6.73. The fraction of sp³-hybridized carbons (Fsp3) is 0.125. The molecule has 0 bridgehead atoms. The zero-order valence-electron chi connectivity index (χ0n) is 16.0. The van der Waals surface area contributed by atoms with Crippen LogP contribution in [-0.2, 0) is 19.8 Å². The third kappa shape index (κ3) is 2.86. The van der Waals surface area contributed by atoms with Crippen molar-refractivity contribution in [2.45, 2.75) is 11.8 Å². The van der Waals surface area contributed by atoms with Crippen LogP contribution in [0.5, 0.6) is 5.75 Å². The molecular weight excluding hydrogens is 482 g/mol. The lowest BCUT2D eigenvalue weighted by Gasteiger charge is -2.31. The normalized spacial score (nSPS) is 22.6. The van der Waals surface area contributed by atoms with Crippen LogP contribution in [-0.4, -0.2) is 17.8 Å². The van der Waals surface area contributed by atoms with Crippen LogP contribution in [0.3, 0.4) is 0 Å². The second-order valence-corrected chi connectivity index (χ2v) is 8.77. The van der Waals surface area contributed by atoms with Gasteiger partial charge in [-0.2, -0.15) is 0 Å². The van der Waals surface area contributed by atoms with Crippen LogP contribution in [0.2, 0.25) is 5.02 Å². The second-order valence-electron chi connectivity index (χ2n) is 7.48. The number of halogens is 2. The molecule has 2 amide bonds. The van der Waals surface area contributed by atoms with E-state index in [2.05, 4.69) is 15.9 Å². The molecule has 5 rings (SSSR count). The Morgan fingerprint density at radius 2 is 1.71 bits per heavy atom. The van der Waals surface area contributed by atoms with E-state index in [-0.39, 0.29) is 12.3 Å². The van der Waals surface area contributed by atoms with E-state index in [0.29, 0.717) is 32.1 Å². The number of hydrogen-bond donors (Lipinski definition) is 0. The van der Waals surface area contributed by atoms with E-state index in [1.165, 1.54) is 0 Å². The van der Waals surface area contributed by atoms with Gasteiger partial charge < -0.3 is 4.74 Å². The molecule has 1 fully saturated rings. The van der Waals surface area contributed by atoms with Crippen molar-refractivity contribution < 1.29 is 19.1 Å². The Morgan fingerprint density at radius 3 is 2.45 bits per heavy atom. The molecule has 1 saturated heterocycles. The topological polar surface area (TPSA) is 63.7 Å². The number of fused-ring (bicyclic) bond motifs is 1. The number of hydrogen-bond acceptors (Lipinski definition) is 4. The van der Waals surface area contributed by atoms with Gasteiger partial charge in [0.25, 0.3) is 0 Å². The summed E-state index contributed by atoms with van der Waals surface area (Å²) < 4.78 is 6.29. The van der Waals surface area contributed by atoms with Gasteiger partial charge in [0, 0.05) is 17.0 Å². The number of rotatable bonds is 3. The maximum Gasteiger partial charge on any atom is 0.327 e. The highest BCUT2D eigenvalue weighted by atomic mass is 79.9. The van der Waals surface area contributed by atoms with Gasteiger partial charge in [-0.3, -0.25) is 19.3 Å². The molecule has 0 N–H and O–H groups in total. The van der Waals surface area contributed by atoms with Crippen LogP contribution in [0, 0.1) is 5.92 Å². The Morgan fingerprint density at radius 1 is 0.968 bits per heavy atom. The number of anilines is 1. The van der Waals surface area contributed by atoms with Gasteiger partial charge in [0.15, 0.2) is 0 Å². The number of carbonyl (C=O) groups is 3. The minimum atomic E-state index is -1.43. The highest BCUT2D eigenvalue weighted by Crippen LogP contribution is 2.54. The molecule has 0 radical (unpaired) electrons. The van der Waals surface area contributed by atoms with Crippen molar-refractivity contribution in [1.82, 2.24) is 0 Å². The molecule has 0 saturated carbocycles. The summed E-state index contributed by atoms with van der Waals surface area (Å²) in [6, 6.07) is 20.9. The zero-order valence-corrected chi connectivity index (χ0v) is 18.4. The number of imide groups is 1. The molecule has 3 aromatic carbocycles. The lowest BCUT2D eigenvalue weighted by Crippen LogP contribution is -2.46. The van der Waals surface area contributed by atoms with Crippen LogP contribution >= 0.6 is 27.5 Å². The summed E-state index contributed by atoms with van der Waals surface area (Å²) in [6.45, 7) is 0. The lowest BCUT2D eigenvalue weighted by molar-refractivity contribution is -0.141. The Hall–Kier alpha value is -2.96. The highest BCUT2D eigenvalue weighted by Gasteiger charge is 2.62. The maximum atomic E-state index is 13.7. The lowest BCUT2D eigenvalue weighted by atomic mass is 9.66. The second kappa shape index (κ2) is 7.32. The van der Waals surface area contributed by atoms with Crippen LogP contribution in [0.15, 0.2) is 77.3 Å². The van der Waals surface area contributed by atoms with Gasteiger partial charge in [-0.25, -0.2) is 0 Å². The van der Waals surface area contributed by atoms with Crippen LogP contribution in [0.4, 0.5) is 5.69 Å². The summed E-state index contributed by atoms with van der Waals surface area (Å²) in [5.74, 6) is -1.99. The first-order valence-electron chi connectivity index (χ1n) is 9.63.